The Kier molecular flexibility index (Phi) is 8.96. The molecule has 1 aromatic carbocycles. The molecule has 3 aliphatic rings. The molecular weight excluding hydrogens is 538 g/mol. The van der Waals surface area contributed by atoms with Gasteiger partial charge in [-0.3, -0.25) is 14.4 Å². The molecule has 2 bridgehead atoms. The summed E-state index contributed by atoms with van der Waals surface area (Å²) in [5.74, 6) is -2.05. The second-order valence-corrected chi connectivity index (χ2v) is 12.3. The Labute approximate surface area is 228 Å². The molecule has 0 aromatic heterocycles. The predicted molar refractivity (Wildman–Crippen MR) is 144 cm³/mol. The SMILES string of the molecule is CCCCCNC(=O)C1N([C@@H](CO)CC(C)C)C(=O)[C@@H]2[C@@H](C(=O)NCc3ccccc3)[C@@H]3OC12CC3Br. The number of unbranched alkanes of at least 4 members (excludes halogenated alkanes) is 2. The maximum Gasteiger partial charge on any atom is 0.245 e. The van der Waals surface area contributed by atoms with Crippen molar-refractivity contribution in [2.75, 3.05) is 13.2 Å². The monoisotopic (exact) mass is 577 g/mol. The van der Waals surface area contributed by atoms with E-state index in [1.165, 1.54) is 0 Å². The van der Waals surface area contributed by atoms with Crippen LogP contribution in [0, 0.1) is 17.8 Å². The highest BCUT2D eigenvalue weighted by Crippen LogP contribution is 2.60. The quantitative estimate of drug-likeness (QED) is 0.261. The number of likely N-dealkylation sites (tertiary alicyclic amines) is 1. The van der Waals surface area contributed by atoms with Crippen LogP contribution >= 0.6 is 15.9 Å². The average Bonchev–Trinajstić information content (AvgIpc) is 3.47. The number of rotatable bonds is 12. The largest absolute Gasteiger partial charge is 0.394 e. The molecule has 3 N–H and O–H groups in total. The van der Waals surface area contributed by atoms with Crippen LogP contribution in [0.3, 0.4) is 0 Å². The fourth-order valence-electron chi connectivity index (χ4n) is 6.47. The van der Waals surface area contributed by atoms with Crippen LogP contribution in [-0.2, 0) is 25.7 Å². The van der Waals surface area contributed by atoms with E-state index in [1.54, 1.807) is 4.90 Å². The van der Waals surface area contributed by atoms with Crippen LogP contribution in [0.25, 0.3) is 0 Å². The third kappa shape index (κ3) is 5.32. The first-order valence-corrected chi connectivity index (χ1v) is 14.5. The Morgan fingerprint density at radius 1 is 1.19 bits per heavy atom. The van der Waals surface area contributed by atoms with E-state index in [2.05, 4.69) is 33.5 Å². The Morgan fingerprint density at radius 2 is 1.92 bits per heavy atom. The molecule has 7 atom stereocenters. The van der Waals surface area contributed by atoms with Crippen molar-refractivity contribution in [3.63, 3.8) is 0 Å². The number of benzene rings is 1. The lowest BCUT2D eigenvalue weighted by molar-refractivity contribution is -0.146. The molecule has 0 saturated carbocycles. The smallest absolute Gasteiger partial charge is 0.245 e. The van der Waals surface area contributed by atoms with Crippen LogP contribution in [0.2, 0.25) is 0 Å². The number of nitrogens with zero attached hydrogens (tertiary/aromatic N) is 1. The first-order valence-electron chi connectivity index (χ1n) is 13.6. The third-order valence-electron chi connectivity index (χ3n) is 8.01. The summed E-state index contributed by atoms with van der Waals surface area (Å²) in [6.45, 7) is 6.77. The third-order valence-corrected chi connectivity index (χ3v) is 8.86. The minimum absolute atomic E-state index is 0.156. The summed E-state index contributed by atoms with van der Waals surface area (Å²) in [5.41, 5.74) is -0.143. The van der Waals surface area contributed by atoms with Crippen molar-refractivity contribution in [1.82, 2.24) is 15.5 Å². The van der Waals surface area contributed by atoms with Crippen molar-refractivity contribution in [2.24, 2.45) is 17.8 Å². The Balaban J connectivity index is 1.64. The molecule has 1 spiro atoms. The normalized spacial score (nSPS) is 31.0. The van der Waals surface area contributed by atoms with Crippen molar-refractivity contribution in [2.45, 2.75) is 88.0 Å². The number of nitrogens with one attached hydrogen (secondary N) is 2. The first kappa shape index (κ1) is 28.0. The van der Waals surface area contributed by atoms with E-state index in [0.29, 0.717) is 25.9 Å². The van der Waals surface area contributed by atoms with Gasteiger partial charge in [0, 0.05) is 17.9 Å². The number of aliphatic hydroxyl groups is 1. The Bertz CT molecular complexity index is 976. The highest BCUT2D eigenvalue weighted by molar-refractivity contribution is 9.09. The summed E-state index contributed by atoms with van der Waals surface area (Å²) in [4.78, 5) is 42.8. The molecule has 1 aromatic rings. The molecule has 3 saturated heterocycles. The second-order valence-electron chi connectivity index (χ2n) is 11.1. The van der Waals surface area contributed by atoms with Crippen LogP contribution in [0.4, 0.5) is 0 Å². The molecule has 0 aliphatic carbocycles. The van der Waals surface area contributed by atoms with Gasteiger partial charge in [-0.25, -0.2) is 0 Å². The lowest BCUT2D eigenvalue weighted by Gasteiger charge is -2.37. The number of aliphatic hydroxyl groups excluding tert-OH is 1. The summed E-state index contributed by atoms with van der Waals surface area (Å²) >= 11 is 3.70. The van der Waals surface area contributed by atoms with E-state index in [-0.39, 0.29) is 35.1 Å². The van der Waals surface area contributed by atoms with E-state index in [4.69, 9.17) is 4.74 Å². The van der Waals surface area contributed by atoms with Crippen molar-refractivity contribution >= 4 is 33.7 Å². The van der Waals surface area contributed by atoms with Crippen molar-refractivity contribution in [3.8, 4) is 0 Å². The summed E-state index contributed by atoms with van der Waals surface area (Å²) in [6, 6.07) is 8.21. The van der Waals surface area contributed by atoms with Crippen LogP contribution in [0.5, 0.6) is 0 Å². The standard InChI is InChI=1S/C28H40BrN3O5/c1-4-5-9-12-30-26(35)24-28-14-20(29)23(37-28)21(25(34)31-15-18-10-7-6-8-11-18)22(28)27(36)32(24)19(16-33)13-17(2)3/h6-8,10-11,17,19-24,33H,4-5,9,12-16H2,1-3H3,(H,30,35)(H,31,34)/t19-,20?,21-,22+,23-,24?,28?/m1/s1. The van der Waals surface area contributed by atoms with Crippen LogP contribution < -0.4 is 10.6 Å². The molecule has 0 radical (unpaired) electrons. The highest BCUT2D eigenvalue weighted by Gasteiger charge is 2.77. The van der Waals surface area contributed by atoms with Gasteiger partial charge in [0.2, 0.25) is 17.7 Å². The van der Waals surface area contributed by atoms with Crippen LogP contribution in [-0.4, -0.2) is 69.5 Å². The lowest BCUT2D eigenvalue weighted by Crippen LogP contribution is -2.58. The number of hydrogen-bond acceptors (Lipinski definition) is 5. The van der Waals surface area contributed by atoms with Gasteiger partial charge in [0.15, 0.2) is 0 Å². The molecule has 204 valence electrons. The fourth-order valence-corrected chi connectivity index (χ4v) is 7.41. The lowest BCUT2D eigenvalue weighted by atomic mass is 9.70. The number of halogens is 1. The van der Waals surface area contributed by atoms with Gasteiger partial charge in [0.1, 0.15) is 11.6 Å². The number of carbonyl (C=O) groups is 3. The Morgan fingerprint density at radius 3 is 2.57 bits per heavy atom. The number of alkyl halides is 1. The van der Waals surface area contributed by atoms with E-state index >= 15 is 0 Å². The summed E-state index contributed by atoms with van der Waals surface area (Å²) in [7, 11) is 0. The van der Waals surface area contributed by atoms with Crippen molar-refractivity contribution in [3.05, 3.63) is 35.9 Å². The minimum Gasteiger partial charge on any atom is -0.394 e. The molecular formula is C28H40BrN3O5. The molecule has 3 heterocycles. The van der Waals surface area contributed by atoms with E-state index in [9.17, 15) is 19.5 Å². The predicted octanol–water partition coefficient (Wildman–Crippen LogP) is 2.76. The van der Waals surface area contributed by atoms with Gasteiger partial charge in [-0.1, -0.05) is 79.9 Å². The van der Waals surface area contributed by atoms with E-state index in [1.807, 2.05) is 44.2 Å². The minimum atomic E-state index is -1.11. The Hall–Kier alpha value is -1.97. The van der Waals surface area contributed by atoms with Crippen molar-refractivity contribution < 1.29 is 24.2 Å². The van der Waals surface area contributed by atoms with Gasteiger partial charge in [-0.05, 0) is 30.7 Å². The molecule has 3 unspecified atom stereocenters. The zero-order valence-electron chi connectivity index (χ0n) is 22.0. The van der Waals surface area contributed by atoms with Crippen LogP contribution in [0.15, 0.2) is 30.3 Å². The maximum atomic E-state index is 14.1. The van der Waals surface area contributed by atoms with Gasteiger partial charge in [-0.2, -0.15) is 0 Å². The summed E-state index contributed by atoms with van der Waals surface area (Å²) in [6.07, 6.45) is 3.40. The van der Waals surface area contributed by atoms with Gasteiger partial charge in [0.25, 0.3) is 0 Å². The maximum absolute atomic E-state index is 14.1. The molecule has 4 rings (SSSR count). The van der Waals surface area contributed by atoms with Gasteiger partial charge < -0.3 is 25.4 Å². The van der Waals surface area contributed by atoms with E-state index in [0.717, 1.165) is 24.8 Å². The first-order chi connectivity index (χ1) is 17.7. The molecule has 8 nitrogen and oxygen atoms in total. The van der Waals surface area contributed by atoms with Gasteiger partial charge in [0.05, 0.1) is 30.6 Å². The molecule has 37 heavy (non-hydrogen) atoms. The van der Waals surface area contributed by atoms with Gasteiger partial charge in [-0.15, -0.1) is 0 Å². The van der Waals surface area contributed by atoms with E-state index < -0.39 is 35.6 Å². The summed E-state index contributed by atoms with van der Waals surface area (Å²) in [5, 5.41) is 16.3. The topological polar surface area (TPSA) is 108 Å². The fraction of sp³-hybridized carbons (Fsp3) is 0.679. The number of hydrogen-bond donors (Lipinski definition) is 3. The number of fused-ring (bicyclic) bond motifs is 1. The van der Waals surface area contributed by atoms with Gasteiger partial charge >= 0.3 is 0 Å². The average molecular weight is 579 g/mol. The molecule has 3 fully saturated rings. The summed E-state index contributed by atoms with van der Waals surface area (Å²) < 4.78 is 6.53. The second kappa shape index (κ2) is 11.8. The highest BCUT2D eigenvalue weighted by atomic mass is 79.9. The molecule has 3 amide bonds. The van der Waals surface area contributed by atoms with Crippen molar-refractivity contribution in [1.29, 1.82) is 0 Å². The zero-order chi connectivity index (χ0) is 26.7. The molecule has 3 aliphatic heterocycles. The number of carbonyl (C=O) groups excluding carboxylic acids is 3. The zero-order valence-corrected chi connectivity index (χ0v) is 23.6. The number of ether oxygens (including phenoxy) is 1. The molecule has 9 heteroatoms. The van der Waals surface area contributed by atoms with Crippen LogP contribution in [0.1, 0.15) is 58.4 Å². The number of amides is 3.